The van der Waals surface area contributed by atoms with E-state index in [1.165, 1.54) is 0 Å². The molecule has 0 aliphatic carbocycles. The number of ether oxygens (including phenoxy) is 1. The van der Waals surface area contributed by atoms with Crippen molar-refractivity contribution in [3.8, 4) is 0 Å². The minimum Gasteiger partial charge on any atom is -0.359 e. The van der Waals surface area contributed by atoms with Crippen LogP contribution in [0.2, 0.25) is 0 Å². The molecule has 1 atom stereocenters. The summed E-state index contributed by atoms with van der Waals surface area (Å²) in [6, 6.07) is 0.394. The van der Waals surface area contributed by atoms with Crippen LogP contribution in [0.15, 0.2) is 0 Å². The van der Waals surface area contributed by atoms with Gasteiger partial charge in [-0.3, -0.25) is 0 Å². The molecule has 0 saturated carbocycles. The molecule has 0 bridgehead atoms. The molecule has 0 N–H and O–H groups in total. The van der Waals surface area contributed by atoms with E-state index in [1.54, 1.807) is 0 Å². The Morgan fingerprint density at radius 1 is 1.75 bits per heavy atom. The molecule has 12 heavy (non-hydrogen) atoms. The SMILES string of the molecule is CC1(C)OCC(CCC=O)N1I. The number of halogens is 1. The van der Waals surface area contributed by atoms with Crippen LogP contribution >= 0.6 is 22.9 Å². The van der Waals surface area contributed by atoms with Gasteiger partial charge in [-0.15, -0.1) is 0 Å². The number of carbonyl (C=O) groups excluding carboxylic acids is 1. The predicted molar refractivity (Wildman–Crippen MR) is 55.0 cm³/mol. The van der Waals surface area contributed by atoms with E-state index < -0.39 is 0 Å². The van der Waals surface area contributed by atoms with Crippen molar-refractivity contribution in [1.29, 1.82) is 0 Å². The second-order valence-corrected chi connectivity index (χ2v) is 4.51. The lowest BCUT2D eigenvalue weighted by molar-refractivity contribution is -0.108. The van der Waals surface area contributed by atoms with Crippen LogP contribution in [0.5, 0.6) is 0 Å². The van der Waals surface area contributed by atoms with Crippen molar-refractivity contribution in [2.45, 2.75) is 38.5 Å². The summed E-state index contributed by atoms with van der Waals surface area (Å²) in [4.78, 5) is 10.2. The Morgan fingerprint density at radius 3 is 2.83 bits per heavy atom. The molecule has 0 spiro atoms. The summed E-state index contributed by atoms with van der Waals surface area (Å²) >= 11 is 2.27. The van der Waals surface area contributed by atoms with E-state index >= 15 is 0 Å². The zero-order valence-electron chi connectivity index (χ0n) is 7.42. The van der Waals surface area contributed by atoms with Crippen LogP contribution in [0.4, 0.5) is 0 Å². The average Bonchev–Trinajstić information content (AvgIpc) is 2.26. The lowest BCUT2D eigenvalue weighted by Crippen LogP contribution is -2.35. The minimum atomic E-state index is -0.173. The van der Waals surface area contributed by atoms with Gasteiger partial charge in [0, 0.05) is 35.3 Å². The number of aldehydes is 1. The molecule has 1 rings (SSSR count). The maximum Gasteiger partial charge on any atom is 0.124 e. The van der Waals surface area contributed by atoms with Gasteiger partial charge in [-0.05, 0) is 20.3 Å². The molecule has 1 unspecified atom stereocenters. The first kappa shape index (κ1) is 10.4. The molecule has 0 aromatic heterocycles. The number of hydrogen-bond donors (Lipinski definition) is 0. The van der Waals surface area contributed by atoms with Gasteiger partial charge in [0.25, 0.3) is 0 Å². The average molecular weight is 283 g/mol. The highest BCUT2D eigenvalue weighted by molar-refractivity contribution is 14.1. The first-order valence-corrected chi connectivity index (χ1v) is 5.07. The first-order chi connectivity index (χ1) is 5.58. The Balaban J connectivity index is 2.43. The van der Waals surface area contributed by atoms with Crippen LogP contribution in [-0.2, 0) is 9.53 Å². The third kappa shape index (κ3) is 2.17. The molecule has 0 amide bonds. The monoisotopic (exact) mass is 283 g/mol. The molecule has 0 aromatic carbocycles. The van der Waals surface area contributed by atoms with Gasteiger partial charge in [-0.2, -0.15) is 0 Å². The number of nitrogens with zero attached hydrogens (tertiary/aromatic N) is 1. The van der Waals surface area contributed by atoms with Crippen molar-refractivity contribution in [3.05, 3.63) is 0 Å². The lowest BCUT2D eigenvalue weighted by atomic mass is 10.2. The van der Waals surface area contributed by atoms with E-state index in [-0.39, 0.29) is 5.72 Å². The van der Waals surface area contributed by atoms with Crippen LogP contribution in [0.25, 0.3) is 0 Å². The van der Waals surface area contributed by atoms with Gasteiger partial charge in [-0.25, -0.2) is 3.11 Å². The summed E-state index contributed by atoms with van der Waals surface area (Å²) in [7, 11) is 0. The maximum atomic E-state index is 10.2. The van der Waals surface area contributed by atoms with Gasteiger partial charge < -0.3 is 9.53 Å². The van der Waals surface area contributed by atoms with Crippen molar-refractivity contribution in [2.75, 3.05) is 6.61 Å². The van der Waals surface area contributed by atoms with Crippen molar-refractivity contribution < 1.29 is 9.53 Å². The molecule has 1 aliphatic rings. The van der Waals surface area contributed by atoms with Crippen LogP contribution in [0.1, 0.15) is 26.7 Å². The molecule has 0 radical (unpaired) electrons. The van der Waals surface area contributed by atoms with E-state index in [1.807, 2.05) is 13.8 Å². The van der Waals surface area contributed by atoms with Crippen molar-refractivity contribution in [3.63, 3.8) is 0 Å². The fraction of sp³-hybridized carbons (Fsp3) is 0.875. The quantitative estimate of drug-likeness (QED) is 0.449. The fourth-order valence-corrected chi connectivity index (χ4v) is 1.90. The highest BCUT2D eigenvalue weighted by Crippen LogP contribution is 2.32. The molecule has 1 saturated heterocycles. The van der Waals surface area contributed by atoms with Crippen LogP contribution < -0.4 is 0 Å². The minimum absolute atomic E-state index is 0.173. The lowest BCUT2D eigenvalue weighted by Gasteiger charge is -2.26. The zero-order valence-corrected chi connectivity index (χ0v) is 9.58. The van der Waals surface area contributed by atoms with Gasteiger partial charge in [0.2, 0.25) is 0 Å². The van der Waals surface area contributed by atoms with Gasteiger partial charge in [0.15, 0.2) is 0 Å². The Labute approximate surface area is 86.9 Å². The summed E-state index contributed by atoms with van der Waals surface area (Å²) in [6.45, 7) is 4.82. The highest BCUT2D eigenvalue weighted by atomic mass is 127. The third-order valence-corrected chi connectivity index (χ3v) is 4.03. The first-order valence-electron chi connectivity index (χ1n) is 4.10. The molecule has 1 aliphatic heterocycles. The van der Waals surface area contributed by atoms with Crippen LogP contribution in [0, 0.1) is 0 Å². The molecule has 3 nitrogen and oxygen atoms in total. The normalized spacial score (nSPS) is 29.1. The Hall–Kier alpha value is 0.320. The largest absolute Gasteiger partial charge is 0.359 e. The molecule has 70 valence electrons. The smallest absolute Gasteiger partial charge is 0.124 e. The number of carbonyl (C=O) groups is 1. The van der Waals surface area contributed by atoms with Gasteiger partial charge in [0.1, 0.15) is 12.0 Å². The van der Waals surface area contributed by atoms with Crippen molar-refractivity contribution >= 4 is 29.2 Å². The van der Waals surface area contributed by atoms with Gasteiger partial charge in [0.05, 0.1) is 6.61 Å². The Bertz CT molecular complexity index is 172. The summed E-state index contributed by atoms with van der Waals surface area (Å²) in [6.07, 6.45) is 2.50. The summed E-state index contributed by atoms with van der Waals surface area (Å²) in [5, 5.41) is 0. The molecular weight excluding hydrogens is 269 g/mol. The predicted octanol–water partition coefficient (Wildman–Crippen LogP) is 1.75. The van der Waals surface area contributed by atoms with Crippen molar-refractivity contribution in [1.82, 2.24) is 3.11 Å². The topological polar surface area (TPSA) is 29.5 Å². The Kier molecular flexibility index (Phi) is 3.48. The molecule has 0 aromatic rings. The van der Waals surface area contributed by atoms with E-state index in [0.717, 1.165) is 19.3 Å². The molecule has 1 fully saturated rings. The fourth-order valence-electron chi connectivity index (χ4n) is 1.32. The number of rotatable bonds is 3. The van der Waals surface area contributed by atoms with Gasteiger partial charge >= 0.3 is 0 Å². The van der Waals surface area contributed by atoms with Gasteiger partial charge in [-0.1, -0.05) is 0 Å². The summed E-state index contributed by atoms with van der Waals surface area (Å²) in [5.41, 5.74) is -0.173. The molecule has 4 heteroatoms. The molecule has 1 heterocycles. The van der Waals surface area contributed by atoms with Crippen LogP contribution in [0.3, 0.4) is 0 Å². The van der Waals surface area contributed by atoms with E-state index in [9.17, 15) is 4.79 Å². The van der Waals surface area contributed by atoms with Crippen molar-refractivity contribution in [2.24, 2.45) is 0 Å². The van der Waals surface area contributed by atoms with E-state index in [2.05, 4.69) is 26.0 Å². The standard InChI is InChI=1S/C8H14INO2/c1-8(2)10(9)7(6-12-8)4-3-5-11/h5,7H,3-4,6H2,1-2H3. The zero-order chi connectivity index (χ0) is 9.19. The Morgan fingerprint density at radius 2 is 2.42 bits per heavy atom. The van der Waals surface area contributed by atoms with E-state index in [0.29, 0.717) is 12.5 Å². The number of hydrogen-bond acceptors (Lipinski definition) is 3. The van der Waals surface area contributed by atoms with Crippen LogP contribution in [-0.4, -0.2) is 27.8 Å². The second kappa shape index (κ2) is 4.02. The van der Waals surface area contributed by atoms with E-state index in [4.69, 9.17) is 4.74 Å². The summed E-state index contributed by atoms with van der Waals surface area (Å²) in [5.74, 6) is 0. The maximum absolute atomic E-state index is 10.2. The second-order valence-electron chi connectivity index (χ2n) is 3.47. The summed E-state index contributed by atoms with van der Waals surface area (Å²) < 4.78 is 7.73. The highest BCUT2D eigenvalue weighted by Gasteiger charge is 2.38. The molecular formula is C8H14INO2. The third-order valence-electron chi connectivity index (χ3n) is 2.08.